The van der Waals surface area contributed by atoms with Crippen molar-refractivity contribution in [2.45, 2.75) is 50.8 Å². The summed E-state index contributed by atoms with van der Waals surface area (Å²) in [6.07, 6.45) is 0.256. The molecule has 0 radical (unpaired) electrons. The van der Waals surface area contributed by atoms with Crippen LogP contribution in [0.3, 0.4) is 0 Å². The van der Waals surface area contributed by atoms with Crippen LogP contribution in [-0.2, 0) is 15.7 Å². The number of fused-ring (bicyclic) bond motifs is 3. The van der Waals surface area contributed by atoms with Crippen molar-refractivity contribution in [1.29, 1.82) is 0 Å². The van der Waals surface area contributed by atoms with Crippen molar-refractivity contribution in [1.82, 2.24) is 0 Å². The number of rotatable bonds is 5. The van der Waals surface area contributed by atoms with Gasteiger partial charge in [-0.3, -0.25) is 0 Å². The van der Waals surface area contributed by atoms with Crippen LogP contribution in [-0.4, -0.2) is 31.9 Å². The molecule has 1 saturated carbocycles. The average Bonchev–Trinajstić information content (AvgIpc) is 2.66. The third-order valence-electron chi connectivity index (χ3n) is 5.81. The lowest BCUT2D eigenvalue weighted by Gasteiger charge is -2.52. The number of esters is 1. The maximum absolute atomic E-state index is 13.1. The quantitative estimate of drug-likeness (QED) is 0.708. The van der Waals surface area contributed by atoms with Gasteiger partial charge in [0.05, 0.1) is 24.8 Å². The van der Waals surface area contributed by atoms with Gasteiger partial charge in [0.25, 0.3) is 0 Å². The van der Waals surface area contributed by atoms with Gasteiger partial charge in [-0.05, 0) is 55.7 Å². The minimum atomic E-state index is -4.58. The fraction of sp³-hybridized carbons (Fsp3) is 0.632. The molecule has 3 fully saturated rings. The Morgan fingerprint density at radius 1 is 1.19 bits per heavy atom. The highest BCUT2D eigenvalue weighted by Gasteiger charge is 2.49. The van der Waals surface area contributed by atoms with Crippen LogP contribution in [0.25, 0.3) is 0 Å². The number of hydrogen-bond acceptors (Lipinski definition) is 4. The number of alkyl halides is 3. The van der Waals surface area contributed by atoms with Gasteiger partial charge in [-0.15, -0.1) is 0 Å². The molecular formula is C19H23F3O4. The van der Waals surface area contributed by atoms with Gasteiger partial charge in [-0.1, -0.05) is 6.92 Å². The van der Waals surface area contributed by atoms with Crippen LogP contribution in [0.2, 0.25) is 0 Å². The summed E-state index contributed by atoms with van der Waals surface area (Å²) in [5.41, 5.74) is -1.33. The smallest absolute Gasteiger partial charge is 0.416 e. The van der Waals surface area contributed by atoms with E-state index in [-0.39, 0.29) is 23.3 Å². The molecule has 0 atom stereocenters. The molecule has 0 spiro atoms. The summed E-state index contributed by atoms with van der Waals surface area (Å²) in [6, 6.07) is 2.95. The highest BCUT2D eigenvalue weighted by molar-refractivity contribution is 5.90. The zero-order valence-electron chi connectivity index (χ0n) is 14.9. The van der Waals surface area contributed by atoms with Crippen molar-refractivity contribution < 1.29 is 32.2 Å². The molecule has 2 heterocycles. The summed E-state index contributed by atoms with van der Waals surface area (Å²) in [6.45, 7) is 3.01. The van der Waals surface area contributed by atoms with Gasteiger partial charge >= 0.3 is 12.1 Å². The minimum Gasteiger partial charge on any atom is -0.491 e. The molecule has 4 rings (SSSR count). The number of hydrogen-bond donors (Lipinski definition) is 0. The van der Waals surface area contributed by atoms with E-state index in [0.29, 0.717) is 6.61 Å². The first kappa shape index (κ1) is 19.0. The predicted molar refractivity (Wildman–Crippen MR) is 88.2 cm³/mol. The SMILES string of the molecule is CCC12CCC(COc3cc(C(=O)OC)cc(C(F)(F)F)c3)(CC1)OC2. The van der Waals surface area contributed by atoms with Crippen molar-refractivity contribution in [2.75, 3.05) is 20.3 Å². The van der Waals surface area contributed by atoms with Crippen molar-refractivity contribution in [3.8, 4) is 5.75 Å². The van der Waals surface area contributed by atoms with E-state index in [9.17, 15) is 18.0 Å². The number of halogens is 3. The van der Waals surface area contributed by atoms with Crippen LogP contribution in [0.15, 0.2) is 18.2 Å². The Labute approximate surface area is 150 Å². The normalized spacial score (nSPS) is 28.0. The van der Waals surface area contributed by atoms with E-state index in [0.717, 1.165) is 51.3 Å². The van der Waals surface area contributed by atoms with E-state index in [1.54, 1.807) is 0 Å². The fourth-order valence-electron chi connectivity index (χ4n) is 3.77. The summed E-state index contributed by atoms with van der Waals surface area (Å²) >= 11 is 0. The molecule has 2 aliphatic heterocycles. The zero-order valence-corrected chi connectivity index (χ0v) is 14.9. The van der Waals surface area contributed by atoms with Crippen LogP contribution in [0.4, 0.5) is 13.2 Å². The maximum Gasteiger partial charge on any atom is 0.416 e. The summed E-state index contributed by atoms with van der Waals surface area (Å²) in [5.74, 6) is -0.838. The van der Waals surface area contributed by atoms with Crippen LogP contribution in [0.1, 0.15) is 54.9 Å². The van der Waals surface area contributed by atoms with E-state index < -0.39 is 23.3 Å². The third-order valence-corrected chi connectivity index (χ3v) is 5.81. The maximum atomic E-state index is 13.1. The number of carbonyl (C=O) groups excluding carboxylic acids is 1. The molecule has 1 aromatic carbocycles. The highest BCUT2D eigenvalue weighted by Crippen LogP contribution is 2.50. The Hall–Kier alpha value is -1.76. The van der Waals surface area contributed by atoms with Crippen molar-refractivity contribution >= 4 is 5.97 Å². The predicted octanol–water partition coefficient (Wildman–Crippen LogP) is 4.61. The summed E-state index contributed by atoms with van der Waals surface area (Å²) in [7, 11) is 1.12. The van der Waals surface area contributed by atoms with Gasteiger partial charge < -0.3 is 14.2 Å². The van der Waals surface area contributed by atoms with Gasteiger partial charge in [0.2, 0.25) is 0 Å². The molecule has 0 unspecified atom stereocenters. The average molecular weight is 372 g/mol. The second-order valence-electron chi connectivity index (χ2n) is 7.35. The second-order valence-corrected chi connectivity index (χ2v) is 7.35. The largest absolute Gasteiger partial charge is 0.491 e. The van der Waals surface area contributed by atoms with E-state index >= 15 is 0 Å². The van der Waals surface area contributed by atoms with Gasteiger partial charge in [-0.2, -0.15) is 13.2 Å². The van der Waals surface area contributed by atoms with E-state index in [1.807, 2.05) is 0 Å². The molecule has 26 heavy (non-hydrogen) atoms. The zero-order chi connectivity index (χ0) is 19.0. The summed E-state index contributed by atoms with van der Waals surface area (Å²) in [4.78, 5) is 11.7. The summed E-state index contributed by atoms with van der Waals surface area (Å²) in [5, 5.41) is 0. The molecule has 144 valence electrons. The van der Waals surface area contributed by atoms with E-state index in [1.165, 1.54) is 6.07 Å². The molecule has 3 aliphatic rings. The van der Waals surface area contributed by atoms with E-state index in [4.69, 9.17) is 9.47 Å². The molecule has 0 amide bonds. The molecule has 4 nitrogen and oxygen atoms in total. The topological polar surface area (TPSA) is 44.8 Å². The number of benzene rings is 1. The third kappa shape index (κ3) is 3.68. The van der Waals surface area contributed by atoms with Crippen molar-refractivity contribution in [2.24, 2.45) is 5.41 Å². The van der Waals surface area contributed by atoms with Crippen LogP contribution in [0, 0.1) is 5.41 Å². The van der Waals surface area contributed by atoms with E-state index in [2.05, 4.69) is 11.7 Å². The second kappa shape index (κ2) is 6.76. The lowest BCUT2D eigenvalue weighted by atomic mass is 9.65. The first-order chi connectivity index (χ1) is 12.2. The summed E-state index contributed by atoms with van der Waals surface area (Å²) < 4.78 is 55.6. The molecule has 2 bridgehead atoms. The molecular weight excluding hydrogens is 349 g/mol. The lowest BCUT2D eigenvalue weighted by Crippen LogP contribution is -2.53. The Balaban J connectivity index is 1.76. The Morgan fingerprint density at radius 2 is 1.88 bits per heavy atom. The standard InChI is InChI=1S/C19H23F3O4/c1-3-17-4-6-18(7-5-17,26-11-17)12-25-15-9-13(16(23)24-2)8-14(10-15)19(20,21)22/h8-10H,3-7,11-12H2,1-2H3. The number of methoxy groups -OCH3 is 1. The molecule has 1 aromatic rings. The van der Waals surface area contributed by atoms with Gasteiger partial charge in [-0.25, -0.2) is 4.79 Å². The Bertz CT molecular complexity index is 659. The lowest BCUT2D eigenvalue weighted by molar-refractivity contribution is -0.196. The Kier molecular flexibility index (Phi) is 4.94. The molecule has 2 saturated heterocycles. The first-order valence-corrected chi connectivity index (χ1v) is 8.78. The van der Waals surface area contributed by atoms with Gasteiger partial charge in [0.1, 0.15) is 18.0 Å². The van der Waals surface area contributed by atoms with Crippen LogP contribution in [0.5, 0.6) is 5.75 Å². The van der Waals surface area contributed by atoms with Gasteiger partial charge in [0.15, 0.2) is 0 Å². The van der Waals surface area contributed by atoms with Gasteiger partial charge in [0, 0.05) is 0 Å². The molecule has 0 aromatic heterocycles. The highest BCUT2D eigenvalue weighted by atomic mass is 19.4. The molecule has 1 aliphatic carbocycles. The molecule has 7 heteroatoms. The molecule has 0 N–H and O–H groups in total. The van der Waals surface area contributed by atoms with Crippen molar-refractivity contribution in [3.63, 3.8) is 0 Å². The van der Waals surface area contributed by atoms with Crippen molar-refractivity contribution in [3.05, 3.63) is 29.3 Å². The fourth-order valence-corrected chi connectivity index (χ4v) is 3.77. The monoisotopic (exact) mass is 372 g/mol. The number of carbonyl (C=O) groups is 1. The van der Waals surface area contributed by atoms with Crippen LogP contribution >= 0.6 is 0 Å². The Morgan fingerprint density at radius 3 is 2.38 bits per heavy atom. The first-order valence-electron chi connectivity index (χ1n) is 8.78. The minimum absolute atomic E-state index is 0.00361. The number of ether oxygens (including phenoxy) is 3. The van der Waals surface area contributed by atoms with Crippen LogP contribution < -0.4 is 4.74 Å².